The Morgan fingerprint density at radius 1 is 1.32 bits per heavy atom. The summed E-state index contributed by atoms with van der Waals surface area (Å²) < 4.78 is 6.10. The Morgan fingerprint density at radius 3 is 2.65 bits per heavy atom. The quantitative estimate of drug-likeness (QED) is 0.555. The van der Waals surface area contributed by atoms with Gasteiger partial charge in [0.15, 0.2) is 0 Å². The van der Waals surface area contributed by atoms with Crippen molar-refractivity contribution in [2.45, 2.75) is 65.1 Å². The van der Waals surface area contributed by atoms with Crippen LogP contribution in [0, 0.1) is 17.3 Å². The number of aromatic carboxylic acids is 1. The van der Waals surface area contributed by atoms with Gasteiger partial charge in [0.25, 0.3) is 5.19 Å². The van der Waals surface area contributed by atoms with E-state index in [4.69, 9.17) is 4.74 Å². The third-order valence-corrected chi connectivity index (χ3v) is 6.61. The highest BCUT2D eigenvalue weighted by molar-refractivity contribution is 7.15. The van der Waals surface area contributed by atoms with Crippen LogP contribution >= 0.6 is 22.7 Å². The lowest BCUT2D eigenvalue weighted by molar-refractivity contribution is 0.0703. The highest BCUT2D eigenvalue weighted by atomic mass is 32.1. The zero-order chi connectivity index (χ0) is 22.6. The largest absolute Gasteiger partial charge is 0.477 e. The number of nitrogens with one attached hydrogen (secondary N) is 1. The van der Waals surface area contributed by atoms with Crippen LogP contribution in [0.2, 0.25) is 0 Å². The van der Waals surface area contributed by atoms with Crippen LogP contribution in [0.25, 0.3) is 0 Å². The Balaban J connectivity index is 1.56. The molecule has 0 aromatic carbocycles. The number of thiazole rings is 1. The molecule has 0 atom stereocenters. The van der Waals surface area contributed by atoms with Crippen molar-refractivity contribution in [1.82, 2.24) is 9.88 Å². The van der Waals surface area contributed by atoms with Gasteiger partial charge in [0.1, 0.15) is 11.0 Å². The van der Waals surface area contributed by atoms with Gasteiger partial charge in [-0.25, -0.2) is 9.78 Å². The van der Waals surface area contributed by atoms with Crippen LogP contribution in [0.4, 0.5) is 5.69 Å². The molecule has 2 heterocycles. The predicted molar refractivity (Wildman–Crippen MR) is 127 cm³/mol. The second-order valence-corrected chi connectivity index (χ2v) is 11.1. The molecule has 1 aliphatic carbocycles. The van der Waals surface area contributed by atoms with Gasteiger partial charge in [-0.15, -0.1) is 11.3 Å². The summed E-state index contributed by atoms with van der Waals surface area (Å²) >= 11 is 2.79. The van der Waals surface area contributed by atoms with Crippen molar-refractivity contribution in [3.8, 4) is 17.0 Å². The van der Waals surface area contributed by atoms with Crippen molar-refractivity contribution in [2.24, 2.45) is 5.41 Å². The summed E-state index contributed by atoms with van der Waals surface area (Å²) in [6.45, 7) is 6.94. The van der Waals surface area contributed by atoms with Crippen LogP contribution in [0.5, 0.6) is 5.19 Å². The van der Waals surface area contributed by atoms with E-state index in [0.29, 0.717) is 10.6 Å². The Labute approximate surface area is 192 Å². The monoisotopic (exact) mass is 461 g/mol. The van der Waals surface area contributed by atoms with Crippen LogP contribution in [0.1, 0.15) is 66.7 Å². The van der Waals surface area contributed by atoms with E-state index in [1.165, 1.54) is 11.3 Å². The third kappa shape index (κ3) is 7.23. The van der Waals surface area contributed by atoms with Crippen LogP contribution in [-0.4, -0.2) is 47.2 Å². The van der Waals surface area contributed by atoms with Gasteiger partial charge in [-0.3, -0.25) is 0 Å². The molecule has 31 heavy (non-hydrogen) atoms. The smallest absolute Gasteiger partial charge is 0.348 e. The SMILES string of the molecule is CN(C)Cc1csc(OC2CCC(Nc3cc(C#CC(C)(C)C)sc3C(=O)O)CC2)n1. The van der Waals surface area contributed by atoms with Gasteiger partial charge in [0, 0.05) is 23.4 Å². The van der Waals surface area contributed by atoms with E-state index in [1.54, 1.807) is 11.3 Å². The minimum Gasteiger partial charge on any atom is -0.477 e. The summed E-state index contributed by atoms with van der Waals surface area (Å²) in [5.41, 5.74) is 1.59. The lowest BCUT2D eigenvalue weighted by atomic mass is 9.93. The normalized spacial score (nSPS) is 19.0. The van der Waals surface area contributed by atoms with Gasteiger partial charge in [-0.05, 0) is 66.6 Å². The molecule has 2 aromatic heterocycles. The molecule has 0 spiro atoms. The van der Waals surface area contributed by atoms with Crippen LogP contribution in [0.15, 0.2) is 11.4 Å². The first-order chi connectivity index (χ1) is 14.6. The fourth-order valence-corrected chi connectivity index (χ4v) is 4.93. The van der Waals surface area contributed by atoms with Crippen molar-refractivity contribution >= 4 is 34.3 Å². The van der Waals surface area contributed by atoms with Crippen LogP contribution < -0.4 is 10.1 Å². The number of anilines is 1. The Morgan fingerprint density at radius 2 is 2.03 bits per heavy atom. The minimum absolute atomic E-state index is 0.121. The maximum Gasteiger partial charge on any atom is 0.348 e. The van der Waals surface area contributed by atoms with E-state index in [0.717, 1.165) is 48.0 Å². The number of nitrogens with zero attached hydrogens (tertiary/aromatic N) is 2. The number of hydrogen-bond donors (Lipinski definition) is 2. The van der Waals surface area contributed by atoms with Crippen molar-refractivity contribution < 1.29 is 14.6 Å². The minimum atomic E-state index is -0.911. The predicted octanol–water partition coefficient (Wildman–Crippen LogP) is 5.16. The van der Waals surface area contributed by atoms with Gasteiger partial charge in [-0.1, -0.05) is 23.2 Å². The molecule has 0 saturated heterocycles. The maximum absolute atomic E-state index is 11.7. The molecule has 0 bridgehead atoms. The number of aromatic nitrogens is 1. The van der Waals surface area contributed by atoms with Crippen molar-refractivity contribution in [3.05, 3.63) is 26.9 Å². The maximum atomic E-state index is 11.7. The van der Waals surface area contributed by atoms with E-state index < -0.39 is 5.97 Å². The standard InChI is InChI=1S/C23H31N3O3S2/c1-23(2,3)11-10-18-12-19(20(31-18)21(27)28)24-15-6-8-17(9-7-15)29-22-25-16(14-30-22)13-26(4)5/h12,14-15,17,24H,6-9,13H2,1-5H3,(H,27,28). The molecule has 0 amide bonds. The van der Waals surface area contributed by atoms with Gasteiger partial charge in [0.2, 0.25) is 0 Å². The average molecular weight is 462 g/mol. The molecule has 8 heteroatoms. The topological polar surface area (TPSA) is 74.7 Å². The Kier molecular flexibility index (Phi) is 7.63. The van der Waals surface area contributed by atoms with Gasteiger partial charge in [-0.2, -0.15) is 0 Å². The summed E-state index contributed by atoms with van der Waals surface area (Å²) in [7, 11) is 4.05. The number of carbonyl (C=O) groups is 1. The van der Waals surface area contributed by atoms with E-state index in [2.05, 4.69) is 27.0 Å². The number of carboxylic acid groups (broad SMARTS) is 1. The summed E-state index contributed by atoms with van der Waals surface area (Å²) in [6.07, 6.45) is 3.86. The first kappa shape index (κ1) is 23.6. The highest BCUT2D eigenvalue weighted by Crippen LogP contribution is 2.32. The second-order valence-electron chi connectivity index (χ2n) is 9.24. The highest BCUT2D eigenvalue weighted by Gasteiger charge is 2.25. The van der Waals surface area contributed by atoms with E-state index in [1.807, 2.05) is 46.3 Å². The number of hydrogen-bond acceptors (Lipinski definition) is 7. The number of ether oxygens (including phenoxy) is 1. The first-order valence-corrected chi connectivity index (χ1v) is 12.2. The molecule has 0 aliphatic heterocycles. The molecular formula is C23H31N3O3S2. The number of thiophene rings is 1. The van der Waals surface area contributed by atoms with Gasteiger partial charge in [0.05, 0.1) is 16.3 Å². The molecule has 1 aliphatic rings. The molecular weight excluding hydrogens is 430 g/mol. The van der Waals surface area contributed by atoms with Crippen molar-refractivity contribution in [2.75, 3.05) is 19.4 Å². The van der Waals surface area contributed by atoms with E-state index in [9.17, 15) is 9.90 Å². The molecule has 2 aromatic rings. The summed E-state index contributed by atoms with van der Waals surface area (Å²) in [5.74, 6) is 5.39. The van der Waals surface area contributed by atoms with Crippen LogP contribution in [0.3, 0.4) is 0 Å². The summed E-state index contributed by atoms with van der Waals surface area (Å²) in [5, 5.41) is 15.8. The van der Waals surface area contributed by atoms with Crippen molar-refractivity contribution in [1.29, 1.82) is 0 Å². The molecule has 1 saturated carbocycles. The van der Waals surface area contributed by atoms with Gasteiger partial charge < -0.3 is 20.1 Å². The van der Waals surface area contributed by atoms with Gasteiger partial charge >= 0.3 is 5.97 Å². The Bertz CT molecular complexity index is 955. The van der Waals surface area contributed by atoms with E-state index in [-0.39, 0.29) is 17.6 Å². The second kappa shape index (κ2) is 10.0. The van der Waals surface area contributed by atoms with E-state index >= 15 is 0 Å². The molecule has 3 rings (SSSR count). The summed E-state index contributed by atoms with van der Waals surface area (Å²) in [6, 6.07) is 2.11. The zero-order valence-electron chi connectivity index (χ0n) is 18.8. The Hall–Kier alpha value is -2.08. The third-order valence-electron chi connectivity index (χ3n) is 4.80. The fraction of sp³-hybridized carbons (Fsp3) is 0.565. The molecule has 1 fully saturated rings. The molecule has 0 radical (unpaired) electrons. The molecule has 6 nitrogen and oxygen atoms in total. The first-order valence-electron chi connectivity index (χ1n) is 10.5. The number of rotatable bonds is 7. The molecule has 0 unspecified atom stereocenters. The lowest BCUT2D eigenvalue weighted by Gasteiger charge is -2.29. The zero-order valence-corrected chi connectivity index (χ0v) is 20.5. The van der Waals surface area contributed by atoms with Crippen molar-refractivity contribution in [3.63, 3.8) is 0 Å². The molecule has 168 valence electrons. The summed E-state index contributed by atoms with van der Waals surface area (Å²) in [4.78, 5) is 19.5. The number of carboxylic acids is 1. The lowest BCUT2D eigenvalue weighted by Crippen LogP contribution is -2.31. The fourth-order valence-electron chi connectivity index (χ4n) is 3.39. The van der Waals surface area contributed by atoms with Crippen LogP contribution in [-0.2, 0) is 6.54 Å². The molecule has 2 N–H and O–H groups in total. The average Bonchev–Trinajstić information content (AvgIpc) is 3.27.